The average molecular weight is 641 g/mol. The second-order valence-electron chi connectivity index (χ2n) is 12.4. The highest BCUT2D eigenvalue weighted by Crippen LogP contribution is 2.50. The molecule has 0 radical (unpaired) electrons. The number of carbonyl (C=O) groups excluding carboxylic acids is 2. The third kappa shape index (κ3) is 7.56. The Hall–Kier alpha value is -3.46. The second-order valence-corrected chi connectivity index (χ2v) is 12.4. The summed E-state index contributed by atoms with van der Waals surface area (Å²) in [4.78, 5) is 26.5. The van der Waals surface area contributed by atoms with Crippen molar-refractivity contribution in [3.63, 3.8) is 0 Å². The molecule has 5 rings (SSSR count). The van der Waals surface area contributed by atoms with Crippen molar-refractivity contribution in [3.8, 4) is 17.2 Å². The van der Waals surface area contributed by atoms with Crippen LogP contribution >= 0.6 is 0 Å². The highest BCUT2D eigenvalue weighted by atomic mass is 16.7. The van der Waals surface area contributed by atoms with Crippen LogP contribution in [0.25, 0.3) is 0 Å². The predicted molar refractivity (Wildman–Crippen MR) is 172 cm³/mol. The Labute approximate surface area is 269 Å². The maximum absolute atomic E-state index is 13.4. The highest BCUT2D eigenvalue weighted by Gasteiger charge is 2.53. The predicted octanol–water partition coefficient (Wildman–Crippen LogP) is 0.275. The molecule has 3 aliphatic rings. The van der Waals surface area contributed by atoms with Gasteiger partial charge in [0.15, 0.2) is 11.5 Å². The number of benzene rings is 2. The molecule has 2 aliphatic heterocycles. The molecule has 2 aromatic carbocycles. The minimum absolute atomic E-state index is 0.00966. The van der Waals surface area contributed by atoms with E-state index in [4.69, 9.17) is 15.2 Å². The monoisotopic (exact) mass is 640 g/mol. The van der Waals surface area contributed by atoms with Crippen molar-refractivity contribution in [2.75, 3.05) is 46.1 Å². The molecule has 0 unspecified atom stereocenters. The first-order valence-corrected chi connectivity index (χ1v) is 16.4. The molecule has 252 valence electrons. The van der Waals surface area contributed by atoms with Crippen molar-refractivity contribution < 1.29 is 34.4 Å². The van der Waals surface area contributed by atoms with E-state index < -0.39 is 47.9 Å². The van der Waals surface area contributed by atoms with Crippen LogP contribution in [0.4, 0.5) is 0 Å². The molecule has 13 nitrogen and oxygen atoms in total. The molecular formula is C33H48N6O7. The Morgan fingerprint density at radius 1 is 0.957 bits per heavy atom. The highest BCUT2D eigenvalue weighted by molar-refractivity contribution is 6.02. The van der Waals surface area contributed by atoms with Gasteiger partial charge in [-0.25, -0.2) is 0 Å². The van der Waals surface area contributed by atoms with Crippen LogP contribution in [0.5, 0.6) is 17.2 Å². The van der Waals surface area contributed by atoms with E-state index in [1.165, 1.54) is 0 Å². The number of aromatic hydroxyl groups is 1. The zero-order chi connectivity index (χ0) is 32.6. The Morgan fingerprint density at radius 3 is 2.35 bits per heavy atom. The van der Waals surface area contributed by atoms with Crippen LogP contribution in [0, 0.1) is 5.92 Å². The molecule has 2 amide bonds. The number of hydrogen-bond acceptors (Lipinski definition) is 11. The molecular weight excluding hydrogens is 592 g/mol. The summed E-state index contributed by atoms with van der Waals surface area (Å²) in [7, 11) is 0. The van der Waals surface area contributed by atoms with Crippen molar-refractivity contribution in [1.82, 2.24) is 26.6 Å². The zero-order valence-electron chi connectivity index (χ0n) is 26.4. The fourth-order valence-corrected chi connectivity index (χ4v) is 6.61. The first-order valence-electron chi connectivity index (χ1n) is 16.4. The summed E-state index contributed by atoms with van der Waals surface area (Å²) in [6.45, 7) is 7.87. The number of hydrogen-bond donors (Lipinski definition) is 9. The topological polar surface area (TPSA) is 199 Å². The number of ether oxygens (including phenoxy) is 2. The van der Waals surface area contributed by atoms with Gasteiger partial charge in [-0.05, 0) is 94.3 Å². The van der Waals surface area contributed by atoms with E-state index in [1.807, 2.05) is 12.1 Å². The van der Waals surface area contributed by atoms with Crippen LogP contribution in [-0.4, -0.2) is 97.5 Å². The van der Waals surface area contributed by atoms with Gasteiger partial charge in [-0.2, -0.15) is 0 Å². The van der Waals surface area contributed by atoms with Crippen molar-refractivity contribution in [2.45, 2.75) is 69.4 Å². The van der Waals surface area contributed by atoms with Gasteiger partial charge in [-0.3, -0.25) is 9.59 Å². The maximum atomic E-state index is 13.4. The third-order valence-electron chi connectivity index (χ3n) is 9.21. The lowest BCUT2D eigenvalue weighted by Crippen LogP contribution is -2.67. The maximum Gasteiger partial charge on any atom is 0.255 e. The van der Waals surface area contributed by atoms with Crippen LogP contribution in [0.3, 0.4) is 0 Å². The first-order chi connectivity index (χ1) is 22.3. The van der Waals surface area contributed by atoms with E-state index in [0.29, 0.717) is 17.7 Å². The molecule has 2 heterocycles. The lowest BCUT2D eigenvalue weighted by atomic mass is 9.66. The van der Waals surface area contributed by atoms with Crippen LogP contribution in [-0.2, 0) is 6.54 Å². The largest absolute Gasteiger partial charge is 0.504 e. The molecule has 1 fully saturated rings. The van der Waals surface area contributed by atoms with E-state index in [0.717, 1.165) is 70.5 Å². The number of phenols is 1. The molecule has 6 atom stereocenters. The molecule has 10 N–H and O–H groups in total. The van der Waals surface area contributed by atoms with Crippen LogP contribution in [0.1, 0.15) is 70.4 Å². The van der Waals surface area contributed by atoms with Gasteiger partial charge in [-0.1, -0.05) is 19.1 Å². The van der Waals surface area contributed by atoms with Gasteiger partial charge < -0.3 is 57.1 Å². The van der Waals surface area contributed by atoms with Crippen LogP contribution in [0.2, 0.25) is 0 Å². The van der Waals surface area contributed by atoms with Crippen molar-refractivity contribution in [3.05, 3.63) is 52.6 Å². The minimum atomic E-state index is -1.32. The standard InChI is InChI=1S/C33H48N6O7/c1-19-26-24(22-16-23-31(46-18-45-23)29(41)25(22)33(44)38-26)27(30(42)28(19)40)39-32(43)21-8-6-20(7-9-21)17-37-15-5-14-36-12-3-2-11-35-13-4-10-34/h6-9,16,19,24,26-28,30,35-37,40-42H,2-5,10-15,17-18,34H2,1H3,(H,38,44)(H,39,43)/t19-,24+,26-,27+,28-,30-/m0/s1. The van der Waals surface area contributed by atoms with Gasteiger partial charge in [-0.15, -0.1) is 0 Å². The number of nitrogens with one attached hydrogen (secondary N) is 5. The Balaban J connectivity index is 1.13. The number of phenolic OH excluding ortho intramolecular Hbond substituents is 1. The molecule has 0 bridgehead atoms. The zero-order valence-corrected chi connectivity index (χ0v) is 26.4. The Kier molecular flexibility index (Phi) is 11.7. The smallest absolute Gasteiger partial charge is 0.255 e. The number of carbonyl (C=O) groups is 2. The van der Waals surface area contributed by atoms with Gasteiger partial charge in [0.1, 0.15) is 6.10 Å². The van der Waals surface area contributed by atoms with E-state index >= 15 is 0 Å². The molecule has 0 aromatic heterocycles. The summed E-state index contributed by atoms with van der Waals surface area (Å²) in [6, 6.07) is 7.26. The van der Waals surface area contributed by atoms with Crippen molar-refractivity contribution in [2.24, 2.45) is 11.7 Å². The number of unbranched alkanes of at least 4 members (excludes halogenated alkanes) is 1. The first kappa shape index (κ1) is 33.9. The van der Waals surface area contributed by atoms with Crippen molar-refractivity contribution in [1.29, 1.82) is 0 Å². The summed E-state index contributed by atoms with van der Waals surface area (Å²) >= 11 is 0. The van der Waals surface area contributed by atoms with Gasteiger partial charge in [0, 0.05) is 30.0 Å². The summed E-state index contributed by atoms with van der Waals surface area (Å²) in [5, 5.41) is 49.0. The SMILES string of the molecule is C[C@@H]1[C@H](O)[C@@H](O)[C@H](NC(=O)c2ccc(CNCCCNCCCCNCCCN)cc2)[C@@H]2c3cc4c(c(O)c3C(=O)N[C@@H]12)OCO4. The number of amides is 2. The summed E-state index contributed by atoms with van der Waals surface area (Å²) in [5.41, 5.74) is 7.35. The summed E-state index contributed by atoms with van der Waals surface area (Å²) < 4.78 is 10.8. The molecule has 1 saturated carbocycles. The number of rotatable bonds is 16. The Morgan fingerprint density at radius 2 is 1.63 bits per heavy atom. The molecule has 0 saturated heterocycles. The Bertz CT molecular complexity index is 1340. The number of nitrogens with two attached hydrogens (primary N) is 1. The average Bonchev–Trinajstić information content (AvgIpc) is 3.54. The molecule has 0 spiro atoms. The van der Waals surface area contributed by atoms with Gasteiger partial charge in [0.2, 0.25) is 12.5 Å². The van der Waals surface area contributed by atoms with Crippen LogP contribution in [0.15, 0.2) is 30.3 Å². The minimum Gasteiger partial charge on any atom is -0.504 e. The van der Waals surface area contributed by atoms with Crippen molar-refractivity contribution >= 4 is 11.8 Å². The number of aliphatic hydroxyl groups is 2. The van der Waals surface area contributed by atoms with Crippen LogP contribution < -0.4 is 41.8 Å². The lowest BCUT2D eigenvalue weighted by Gasteiger charge is -2.50. The second kappa shape index (κ2) is 15.9. The fourth-order valence-electron chi connectivity index (χ4n) is 6.61. The summed E-state index contributed by atoms with van der Waals surface area (Å²) in [6.07, 6.45) is 1.80. The molecule has 13 heteroatoms. The normalized spacial score (nSPS) is 24.7. The molecule has 2 aromatic rings. The third-order valence-corrected chi connectivity index (χ3v) is 9.21. The van der Waals surface area contributed by atoms with E-state index in [1.54, 1.807) is 25.1 Å². The van der Waals surface area contributed by atoms with E-state index in [9.17, 15) is 24.9 Å². The number of aliphatic hydroxyl groups excluding tert-OH is 2. The quantitative estimate of drug-likeness (QED) is 0.114. The van der Waals surface area contributed by atoms with Gasteiger partial charge in [0.05, 0.1) is 17.7 Å². The van der Waals surface area contributed by atoms with Gasteiger partial charge >= 0.3 is 0 Å². The van der Waals surface area contributed by atoms with E-state index in [-0.39, 0.29) is 29.6 Å². The fraction of sp³-hybridized carbons (Fsp3) is 0.576. The van der Waals surface area contributed by atoms with Gasteiger partial charge in [0.25, 0.3) is 11.8 Å². The molecule has 46 heavy (non-hydrogen) atoms. The van der Waals surface area contributed by atoms with E-state index in [2.05, 4.69) is 26.6 Å². The molecule has 1 aliphatic carbocycles. The number of fused-ring (bicyclic) bond motifs is 4. The summed E-state index contributed by atoms with van der Waals surface area (Å²) in [5.74, 6) is -2.11. The lowest BCUT2D eigenvalue weighted by molar-refractivity contribution is -0.0760.